The molecule has 0 atom stereocenters. The molecule has 1 amide bonds. The number of nitrogens with zero attached hydrogens (tertiary/aromatic N) is 1. The molecule has 2 N–H and O–H groups in total. The summed E-state index contributed by atoms with van der Waals surface area (Å²) in [4.78, 5) is 14.1. The van der Waals surface area contributed by atoms with Crippen molar-refractivity contribution in [2.45, 2.75) is 20.3 Å². The van der Waals surface area contributed by atoms with E-state index in [1.807, 2.05) is 11.8 Å². The first-order valence-electron chi connectivity index (χ1n) is 5.73. The van der Waals surface area contributed by atoms with E-state index in [-0.39, 0.29) is 5.91 Å². The second-order valence-corrected chi connectivity index (χ2v) is 4.45. The van der Waals surface area contributed by atoms with Crippen LogP contribution in [0.25, 0.3) is 0 Å². The Balaban J connectivity index is 2.41. The fraction of sp³-hybridized carbons (Fsp3) is 0.462. The molecule has 3 heteroatoms. The van der Waals surface area contributed by atoms with Crippen LogP contribution in [0.2, 0.25) is 0 Å². The third-order valence-corrected chi connectivity index (χ3v) is 3.11. The Morgan fingerprint density at radius 3 is 2.81 bits per heavy atom. The lowest BCUT2D eigenvalue weighted by Crippen LogP contribution is -2.41. The maximum atomic E-state index is 12.2. The highest BCUT2D eigenvalue weighted by Crippen LogP contribution is 2.23. The summed E-state index contributed by atoms with van der Waals surface area (Å²) >= 11 is 0. The quantitative estimate of drug-likeness (QED) is 0.812. The predicted octanol–water partition coefficient (Wildman–Crippen LogP) is 1.26. The summed E-state index contributed by atoms with van der Waals surface area (Å²) in [6.45, 7) is 6.07. The van der Waals surface area contributed by atoms with Crippen LogP contribution in [0.4, 0.5) is 0 Å². The van der Waals surface area contributed by atoms with E-state index in [1.54, 1.807) is 0 Å². The van der Waals surface area contributed by atoms with E-state index in [0.29, 0.717) is 13.1 Å². The van der Waals surface area contributed by atoms with E-state index >= 15 is 0 Å². The monoisotopic (exact) mass is 218 g/mol. The smallest absolute Gasteiger partial charge is 0.254 e. The molecule has 0 fully saturated rings. The Morgan fingerprint density at radius 2 is 2.12 bits per heavy atom. The van der Waals surface area contributed by atoms with Crippen molar-refractivity contribution in [1.82, 2.24) is 4.90 Å². The zero-order chi connectivity index (χ0) is 11.7. The van der Waals surface area contributed by atoms with Crippen molar-refractivity contribution in [2.75, 3.05) is 19.6 Å². The normalized spacial score (nSPS) is 15.2. The van der Waals surface area contributed by atoms with E-state index in [4.69, 9.17) is 5.73 Å². The predicted molar refractivity (Wildman–Crippen MR) is 64.6 cm³/mol. The van der Waals surface area contributed by atoms with Gasteiger partial charge in [-0.1, -0.05) is 17.7 Å². The van der Waals surface area contributed by atoms with Crippen LogP contribution < -0.4 is 5.73 Å². The van der Waals surface area contributed by atoms with Gasteiger partial charge in [0.1, 0.15) is 0 Å². The molecule has 0 aromatic heterocycles. The summed E-state index contributed by atoms with van der Waals surface area (Å²) in [5.41, 5.74) is 9.91. The van der Waals surface area contributed by atoms with Gasteiger partial charge in [-0.25, -0.2) is 0 Å². The molecule has 86 valence electrons. The summed E-state index contributed by atoms with van der Waals surface area (Å²) in [5.74, 6) is 0.143. The average molecular weight is 218 g/mol. The standard InChI is InChI=1S/C13H18N2O/c1-9-7-10(2)12-11(8-9)3-5-15(6-4-14)13(12)16/h7-8H,3-6,14H2,1-2H3. The van der Waals surface area contributed by atoms with Crippen molar-refractivity contribution in [3.05, 3.63) is 34.4 Å². The molecule has 0 saturated heterocycles. The number of hydrogen-bond acceptors (Lipinski definition) is 2. The summed E-state index contributed by atoms with van der Waals surface area (Å²) in [6.07, 6.45) is 0.948. The van der Waals surface area contributed by atoms with Crippen LogP contribution in [0.1, 0.15) is 27.0 Å². The molecule has 0 unspecified atom stereocenters. The van der Waals surface area contributed by atoms with E-state index in [1.165, 1.54) is 11.1 Å². The molecule has 0 saturated carbocycles. The minimum Gasteiger partial charge on any atom is -0.337 e. The van der Waals surface area contributed by atoms with Gasteiger partial charge < -0.3 is 10.6 Å². The first-order chi connectivity index (χ1) is 7.63. The topological polar surface area (TPSA) is 46.3 Å². The zero-order valence-electron chi connectivity index (χ0n) is 9.92. The molecule has 16 heavy (non-hydrogen) atoms. The van der Waals surface area contributed by atoms with Gasteiger partial charge in [0.05, 0.1) is 0 Å². The van der Waals surface area contributed by atoms with E-state index < -0.39 is 0 Å². The molecule has 0 radical (unpaired) electrons. The number of nitrogens with two attached hydrogens (primary N) is 1. The molecule has 0 bridgehead atoms. The fourth-order valence-electron chi connectivity index (χ4n) is 2.44. The molecule has 0 spiro atoms. The van der Waals surface area contributed by atoms with Gasteiger partial charge in [-0.05, 0) is 31.4 Å². The van der Waals surface area contributed by atoms with Crippen molar-refractivity contribution in [1.29, 1.82) is 0 Å². The molecular weight excluding hydrogens is 200 g/mol. The second kappa shape index (κ2) is 4.26. The average Bonchev–Trinajstić information content (AvgIpc) is 2.21. The first-order valence-corrected chi connectivity index (χ1v) is 5.73. The molecule has 2 rings (SSSR count). The van der Waals surface area contributed by atoms with Crippen LogP contribution in [0.15, 0.2) is 12.1 Å². The number of amides is 1. The number of hydrogen-bond donors (Lipinski definition) is 1. The highest BCUT2D eigenvalue weighted by Gasteiger charge is 2.25. The van der Waals surface area contributed by atoms with Gasteiger partial charge in [-0.3, -0.25) is 4.79 Å². The lowest BCUT2D eigenvalue weighted by molar-refractivity contribution is 0.0744. The van der Waals surface area contributed by atoms with E-state index in [9.17, 15) is 4.79 Å². The summed E-state index contributed by atoms with van der Waals surface area (Å²) in [6, 6.07) is 4.20. The van der Waals surface area contributed by atoms with Crippen molar-refractivity contribution in [3.63, 3.8) is 0 Å². The van der Waals surface area contributed by atoms with Crippen LogP contribution in [-0.4, -0.2) is 30.4 Å². The highest BCUT2D eigenvalue weighted by molar-refractivity contribution is 5.98. The Kier molecular flexibility index (Phi) is 2.97. The Hall–Kier alpha value is -1.35. The van der Waals surface area contributed by atoms with Gasteiger partial charge in [0, 0.05) is 25.2 Å². The van der Waals surface area contributed by atoms with Gasteiger partial charge in [0.15, 0.2) is 0 Å². The molecule has 1 aliphatic heterocycles. The minimum atomic E-state index is 0.143. The van der Waals surface area contributed by atoms with Gasteiger partial charge in [-0.2, -0.15) is 0 Å². The van der Waals surface area contributed by atoms with Crippen molar-refractivity contribution >= 4 is 5.91 Å². The third-order valence-electron chi connectivity index (χ3n) is 3.11. The lowest BCUT2D eigenvalue weighted by Gasteiger charge is -2.29. The third kappa shape index (κ3) is 1.83. The summed E-state index contributed by atoms with van der Waals surface area (Å²) in [5, 5.41) is 0. The number of benzene rings is 1. The molecule has 1 aromatic rings. The van der Waals surface area contributed by atoms with Crippen LogP contribution in [-0.2, 0) is 6.42 Å². The summed E-state index contributed by atoms with van der Waals surface area (Å²) < 4.78 is 0. The summed E-state index contributed by atoms with van der Waals surface area (Å²) in [7, 11) is 0. The van der Waals surface area contributed by atoms with E-state index in [0.717, 1.165) is 24.1 Å². The van der Waals surface area contributed by atoms with Crippen LogP contribution in [0.3, 0.4) is 0 Å². The van der Waals surface area contributed by atoms with Crippen molar-refractivity contribution < 1.29 is 4.79 Å². The van der Waals surface area contributed by atoms with Crippen LogP contribution in [0.5, 0.6) is 0 Å². The minimum absolute atomic E-state index is 0.143. The van der Waals surface area contributed by atoms with Crippen LogP contribution >= 0.6 is 0 Å². The number of carbonyl (C=O) groups excluding carboxylic acids is 1. The van der Waals surface area contributed by atoms with Crippen molar-refractivity contribution in [3.8, 4) is 0 Å². The maximum Gasteiger partial charge on any atom is 0.254 e. The highest BCUT2D eigenvalue weighted by atomic mass is 16.2. The number of fused-ring (bicyclic) bond motifs is 1. The van der Waals surface area contributed by atoms with E-state index in [2.05, 4.69) is 19.1 Å². The molecule has 1 aromatic carbocycles. The van der Waals surface area contributed by atoms with Gasteiger partial charge in [-0.15, -0.1) is 0 Å². The molecule has 3 nitrogen and oxygen atoms in total. The second-order valence-electron chi connectivity index (χ2n) is 4.45. The molecule has 1 heterocycles. The van der Waals surface area contributed by atoms with Gasteiger partial charge >= 0.3 is 0 Å². The lowest BCUT2D eigenvalue weighted by atomic mass is 9.93. The first kappa shape index (κ1) is 11.1. The molecule has 0 aliphatic carbocycles. The largest absolute Gasteiger partial charge is 0.337 e. The maximum absolute atomic E-state index is 12.2. The molecular formula is C13H18N2O. The zero-order valence-corrected chi connectivity index (χ0v) is 9.92. The molecule has 1 aliphatic rings. The Morgan fingerprint density at radius 1 is 1.38 bits per heavy atom. The number of rotatable bonds is 2. The van der Waals surface area contributed by atoms with Crippen molar-refractivity contribution in [2.24, 2.45) is 5.73 Å². The van der Waals surface area contributed by atoms with Gasteiger partial charge in [0.25, 0.3) is 5.91 Å². The Bertz CT molecular complexity index is 426. The van der Waals surface area contributed by atoms with Crippen LogP contribution in [0, 0.1) is 13.8 Å². The fourth-order valence-corrected chi connectivity index (χ4v) is 2.44. The SMILES string of the molecule is Cc1cc(C)c2c(c1)CCN(CCN)C2=O. The Labute approximate surface area is 96.2 Å². The number of carbonyl (C=O) groups is 1. The number of aryl methyl sites for hydroxylation is 2. The van der Waals surface area contributed by atoms with Gasteiger partial charge in [0.2, 0.25) is 0 Å².